The number of rotatable bonds is 11. The van der Waals surface area contributed by atoms with Gasteiger partial charge in [0, 0.05) is 57.0 Å². The highest BCUT2D eigenvalue weighted by Gasteiger charge is 2.50. The van der Waals surface area contributed by atoms with Gasteiger partial charge in [-0.25, -0.2) is 19.6 Å². The lowest BCUT2D eigenvalue weighted by Gasteiger charge is -2.43. The van der Waals surface area contributed by atoms with Crippen molar-refractivity contribution in [3.8, 4) is 0 Å². The Morgan fingerprint density at radius 2 is 1.18 bits per heavy atom. The van der Waals surface area contributed by atoms with Crippen LogP contribution in [0.5, 0.6) is 0 Å². The van der Waals surface area contributed by atoms with Gasteiger partial charge < -0.3 is 55.1 Å². The number of carbonyl (C=O) groups is 4. The quantitative estimate of drug-likeness (QED) is 0.0984. The summed E-state index contributed by atoms with van der Waals surface area (Å²) < 4.78 is 22.1. The van der Waals surface area contributed by atoms with Gasteiger partial charge in [0.05, 0.1) is 45.7 Å². The predicted molar refractivity (Wildman–Crippen MR) is 267 cm³/mol. The molecule has 0 spiro atoms. The van der Waals surface area contributed by atoms with Gasteiger partial charge in [-0.15, -0.1) is 0 Å². The number of imidazole rings is 2. The van der Waals surface area contributed by atoms with Crippen molar-refractivity contribution < 1.29 is 38.1 Å². The molecule has 0 aliphatic carbocycles. The maximum absolute atomic E-state index is 14.2. The fourth-order valence-corrected chi connectivity index (χ4v) is 12.4. The fourth-order valence-electron chi connectivity index (χ4n) is 12.4. The van der Waals surface area contributed by atoms with Crippen LogP contribution in [0.15, 0.2) is 60.7 Å². The van der Waals surface area contributed by atoms with Crippen LogP contribution in [0.4, 0.5) is 15.3 Å². The highest BCUT2D eigenvalue weighted by atomic mass is 16.6. The Kier molecular flexibility index (Phi) is 13.3. The van der Waals surface area contributed by atoms with E-state index in [1.54, 1.807) is 0 Å². The predicted octanol–water partition coefficient (Wildman–Crippen LogP) is 8.35. The minimum absolute atomic E-state index is 0.0141. The normalized spacial score (nSPS) is 25.5. The number of H-pyrrole nitrogens is 2. The number of aromatic nitrogens is 4. The van der Waals surface area contributed by atoms with Crippen LogP contribution in [-0.2, 0) is 39.5 Å². The fraction of sp³-hybridized carbons (Fsp3) is 0.556. The van der Waals surface area contributed by atoms with Gasteiger partial charge in [0.25, 0.3) is 11.8 Å². The Hall–Kier alpha value is -6.20. The van der Waals surface area contributed by atoms with Crippen molar-refractivity contribution in [1.29, 1.82) is 0 Å². The largest absolute Gasteiger partial charge is 0.436 e. The molecule has 17 heteroatoms. The van der Waals surface area contributed by atoms with Gasteiger partial charge in [-0.05, 0) is 129 Å². The minimum atomic E-state index is -0.968. The molecular formula is C54H69N9O8. The van der Waals surface area contributed by atoms with Crippen molar-refractivity contribution in [2.24, 2.45) is 29.2 Å². The van der Waals surface area contributed by atoms with Gasteiger partial charge >= 0.3 is 12.2 Å². The van der Waals surface area contributed by atoms with Crippen LogP contribution in [0.1, 0.15) is 139 Å². The smallest absolute Gasteiger partial charge is 0.405 e. The number of amides is 4. The first kappa shape index (κ1) is 48.4. The van der Waals surface area contributed by atoms with E-state index in [1.807, 2.05) is 9.80 Å². The van der Waals surface area contributed by atoms with Crippen LogP contribution in [0, 0.1) is 17.8 Å². The molecule has 4 unspecified atom stereocenters. The van der Waals surface area contributed by atoms with E-state index in [0.717, 1.165) is 71.0 Å². The van der Waals surface area contributed by atoms with Crippen molar-refractivity contribution in [1.82, 2.24) is 29.7 Å². The number of aromatic amines is 2. The number of anilines is 1. The number of hydrogen-bond acceptors (Lipinski definition) is 11. The van der Waals surface area contributed by atoms with Gasteiger partial charge in [-0.1, -0.05) is 52.0 Å². The van der Waals surface area contributed by atoms with Crippen LogP contribution in [0.25, 0.3) is 22.1 Å². The Bertz CT molecular complexity index is 2770. The molecule has 5 fully saturated rings. The molecule has 4 amide bonds. The molecule has 71 heavy (non-hydrogen) atoms. The van der Waals surface area contributed by atoms with Crippen molar-refractivity contribution in [2.75, 3.05) is 44.4 Å². The third kappa shape index (κ3) is 9.31. The summed E-state index contributed by atoms with van der Waals surface area (Å²) in [4.78, 5) is 76.1. The second kappa shape index (κ2) is 19.4. The zero-order valence-corrected chi connectivity index (χ0v) is 41.7. The number of nitrogens with zero attached hydrogens (tertiary/aromatic N) is 5. The number of ether oxygens (including phenoxy) is 4. The summed E-state index contributed by atoms with van der Waals surface area (Å²) in [7, 11) is 0. The van der Waals surface area contributed by atoms with E-state index in [-0.39, 0.29) is 53.1 Å². The lowest BCUT2D eigenvalue weighted by molar-refractivity contribution is -0.146. The molecule has 0 saturated carbocycles. The Morgan fingerprint density at radius 1 is 0.690 bits per heavy atom. The number of nitrogens with one attached hydrogen (secondary N) is 2. The van der Waals surface area contributed by atoms with Crippen molar-refractivity contribution >= 4 is 51.8 Å². The molecule has 0 radical (unpaired) electrons. The summed E-state index contributed by atoms with van der Waals surface area (Å²) in [6, 6.07) is 21.4. The summed E-state index contributed by atoms with van der Waals surface area (Å²) in [5, 5.41) is 0. The van der Waals surface area contributed by atoms with E-state index >= 15 is 0 Å². The van der Waals surface area contributed by atoms with Crippen LogP contribution in [-0.4, -0.2) is 105 Å². The number of carbonyl (C=O) groups excluding carboxylic acids is 4. The number of nitrogens with two attached hydrogens (primary N) is 2. The maximum Gasteiger partial charge on any atom is 0.405 e. The van der Waals surface area contributed by atoms with Crippen LogP contribution in [0.3, 0.4) is 0 Å². The zero-order chi connectivity index (χ0) is 49.8. The van der Waals surface area contributed by atoms with E-state index in [1.165, 1.54) is 5.56 Å². The summed E-state index contributed by atoms with van der Waals surface area (Å²) in [5.74, 6) is 0.809. The Morgan fingerprint density at radius 3 is 1.68 bits per heavy atom. The first-order valence-electron chi connectivity index (χ1n) is 25.7. The Labute approximate surface area is 414 Å². The maximum atomic E-state index is 14.2. The van der Waals surface area contributed by atoms with Gasteiger partial charge in [0.15, 0.2) is 12.2 Å². The molecule has 5 saturated heterocycles. The minimum Gasteiger partial charge on any atom is -0.436 e. The lowest BCUT2D eigenvalue weighted by Crippen LogP contribution is -2.47. The molecule has 0 bridgehead atoms. The first-order chi connectivity index (χ1) is 34.1. The van der Waals surface area contributed by atoms with Crippen molar-refractivity contribution in [3.05, 3.63) is 89.0 Å². The number of benzene rings is 3. The summed E-state index contributed by atoms with van der Waals surface area (Å²) in [6.45, 7) is 14.5. The highest BCUT2D eigenvalue weighted by molar-refractivity contribution is 5.86. The Balaban J connectivity index is 0.960. The molecule has 5 aromatic rings. The summed E-state index contributed by atoms with van der Waals surface area (Å²) in [6.07, 6.45) is 2.54. The second-order valence-corrected chi connectivity index (χ2v) is 21.7. The molecular weight excluding hydrogens is 903 g/mol. The van der Waals surface area contributed by atoms with E-state index in [0.29, 0.717) is 76.8 Å². The van der Waals surface area contributed by atoms with E-state index in [9.17, 15) is 19.2 Å². The van der Waals surface area contributed by atoms with Gasteiger partial charge in [-0.2, -0.15) is 0 Å². The van der Waals surface area contributed by atoms with Crippen molar-refractivity contribution in [2.45, 2.75) is 134 Å². The summed E-state index contributed by atoms with van der Waals surface area (Å²) >= 11 is 0. The first-order valence-corrected chi connectivity index (χ1v) is 25.7. The third-order valence-electron chi connectivity index (χ3n) is 16.4. The van der Waals surface area contributed by atoms with Crippen LogP contribution in [0.2, 0.25) is 0 Å². The van der Waals surface area contributed by atoms with E-state index in [4.69, 9.17) is 40.4 Å². The van der Waals surface area contributed by atoms with Crippen LogP contribution < -0.4 is 16.4 Å². The van der Waals surface area contributed by atoms with Crippen molar-refractivity contribution in [3.63, 3.8) is 0 Å². The molecule has 3 aromatic carbocycles. The molecule has 6 N–H and O–H groups in total. The standard InChI is InChI=1S/C54H69N9O8/c1-31-28-44(34-10-16-38-40(29-34)59-47(57-38)42-8-6-22-61(42)49(64)45(70-51(55)66)32-18-24-68-25-19-32)63(37-14-11-35(12-15-37)53(2,3)4)54(31,5)36-13-17-39-41(30-36)60-48(58-39)43-9-7-23-62(43)50(65)46(71-52(56)67)33-20-26-69-27-21-33/h10-17,29-33,42-46H,6-9,18-28H2,1-5H3,(H2,55,66)(H2,56,67)(H,57,59)(H,58,60)/t31?,42?,43?,44?,45-,46-,54+/m0/s1. The topological polar surface area (TPSA) is 224 Å². The summed E-state index contributed by atoms with van der Waals surface area (Å²) in [5.41, 5.74) is 18.6. The number of fused-ring (bicyclic) bond motifs is 2. The van der Waals surface area contributed by atoms with Gasteiger partial charge in [-0.3, -0.25) is 9.59 Å². The molecule has 5 aliphatic rings. The van der Waals surface area contributed by atoms with Gasteiger partial charge in [0.1, 0.15) is 11.6 Å². The molecule has 2 aromatic heterocycles. The molecule has 7 atom stereocenters. The molecule has 378 valence electrons. The molecule has 7 heterocycles. The van der Waals surface area contributed by atoms with E-state index < -0.39 is 29.9 Å². The van der Waals surface area contributed by atoms with Gasteiger partial charge in [0.2, 0.25) is 0 Å². The molecule has 10 rings (SSSR count). The average molecular weight is 972 g/mol. The monoisotopic (exact) mass is 972 g/mol. The molecule has 5 aliphatic heterocycles. The number of hydrogen-bond donors (Lipinski definition) is 4. The lowest BCUT2D eigenvalue weighted by atomic mass is 9.80. The van der Waals surface area contributed by atoms with E-state index in [2.05, 4.69) is 110 Å². The van der Waals surface area contributed by atoms with Crippen LogP contribution >= 0.6 is 0 Å². The molecule has 17 nitrogen and oxygen atoms in total. The SMILES string of the molecule is CC1CC(c2ccc3nc(C4CCCN4C(=O)[C@@H](OC(N)=O)C4CCOCC4)[nH]c3c2)N(c2ccc(C(C)(C)C)cc2)[C@@]1(C)c1ccc2nc(C3CCCN3C(=O)[C@@H](OC(N)=O)C3CCOCC3)[nH]c2c1. The highest BCUT2D eigenvalue weighted by Crippen LogP contribution is 2.55. The number of likely N-dealkylation sites (tertiary alicyclic amines) is 2. The second-order valence-electron chi connectivity index (χ2n) is 21.7. The average Bonchev–Trinajstić information content (AvgIpc) is 4.22. The number of primary amides is 2. The third-order valence-corrected chi connectivity index (χ3v) is 16.4. The zero-order valence-electron chi connectivity index (χ0n) is 41.7.